The number of thioether (sulfide) groups is 1. The van der Waals surface area contributed by atoms with Crippen LogP contribution in [0.25, 0.3) is 0 Å². The highest BCUT2D eigenvalue weighted by atomic mass is 32.2. The van der Waals surface area contributed by atoms with Crippen LogP contribution in [-0.2, 0) is 4.79 Å². The van der Waals surface area contributed by atoms with Crippen molar-refractivity contribution in [2.24, 2.45) is 16.8 Å². The van der Waals surface area contributed by atoms with E-state index in [-0.39, 0.29) is 10.7 Å². The van der Waals surface area contributed by atoms with Crippen molar-refractivity contribution >= 4 is 22.8 Å². The molecule has 3 nitrogen and oxygen atoms in total. The van der Waals surface area contributed by atoms with Crippen LogP contribution in [0, 0.1) is 11.8 Å². The molecule has 4 heteroatoms. The highest BCUT2D eigenvalue weighted by Gasteiger charge is 2.48. The summed E-state index contributed by atoms with van der Waals surface area (Å²) < 4.78 is -0.158. The maximum absolute atomic E-state index is 12.3. The van der Waals surface area contributed by atoms with Crippen molar-refractivity contribution in [2.75, 3.05) is 0 Å². The lowest BCUT2D eigenvalue weighted by molar-refractivity contribution is -0.122. The summed E-state index contributed by atoms with van der Waals surface area (Å²) in [7, 11) is 0. The van der Waals surface area contributed by atoms with Crippen molar-refractivity contribution < 1.29 is 4.79 Å². The van der Waals surface area contributed by atoms with Gasteiger partial charge in [0, 0.05) is 0 Å². The Balaban J connectivity index is 1.50. The topological polar surface area (TPSA) is 41.5 Å². The Kier molecular flexibility index (Phi) is 2.90. The summed E-state index contributed by atoms with van der Waals surface area (Å²) in [5.74, 6) is 1.96. The standard InChI is InChI=1S/C15H22N2OS/c18-13-15(6-2-1-3-7-15)19-14(17-13)16-12-9-10-4-5-11(12)8-10/h10-12H,1-9H2,(H,16,17,18)/t10-,11?,12+/m1/s1. The van der Waals surface area contributed by atoms with E-state index in [0.717, 1.165) is 29.8 Å². The lowest BCUT2D eigenvalue weighted by Gasteiger charge is -2.28. The second-order valence-electron chi connectivity index (χ2n) is 6.79. The Labute approximate surface area is 119 Å². The molecule has 1 aliphatic heterocycles. The van der Waals surface area contributed by atoms with Crippen LogP contribution < -0.4 is 5.32 Å². The van der Waals surface area contributed by atoms with Gasteiger partial charge < -0.3 is 5.32 Å². The average molecular weight is 278 g/mol. The smallest absolute Gasteiger partial charge is 0.242 e. The molecule has 3 aliphatic carbocycles. The van der Waals surface area contributed by atoms with Crippen LogP contribution in [0.3, 0.4) is 0 Å². The number of fused-ring (bicyclic) bond motifs is 2. The zero-order chi connectivity index (χ0) is 12.9. The average Bonchev–Trinajstić information content (AvgIpc) is 3.08. The molecule has 0 aromatic carbocycles. The molecule has 104 valence electrons. The second kappa shape index (κ2) is 4.51. The van der Waals surface area contributed by atoms with Gasteiger partial charge in [-0.1, -0.05) is 37.4 Å². The zero-order valence-corrected chi connectivity index (χ0v) is 12.2. The van der Waals surface area contributed by atoms with Gasteiger partial charge >= 0.3 is 0 Å². The van der Waals surface area contributed by atoms with Crippen molar-refractivity contribution in [1.29, 1.82) is 0 Å². The molecular formula is C15H22N2OS. The zero-order valence-electron chi connectivity index (χ0n) is 11.4. The molecule has 0 radical (unpaired) electrons. The monoisotopic (exact) mass is 278 g/mol. The number of carbonyl (C=O) groups excluding carboxylic acids is 1. The lowest BCUT2D eigenvalue weighted by Crippen LogP contribution is -2.38. The largest absolute Gasteiger partial charge is 0.304 e. The maximum Gasteiger partial charge on any atom is 0.242 e. The van der Waals surface area contributed by atoms with E-state index in [2.05, 4.69) is 5.32 Å². The molecule has 19 heavy (non-hydrogen) atoms. The van der Waals surface area contributed by atoms with Gasteiger partial charge in [0.15, 0.2) is 5.17 Å². The number of rotatable bonds is 1. The molecule has 0 aromatic heterocycles. The van der Waals surface area contributed by atoms with Gasteiger partial charge in [0.2, 0.25) is 5.91 Å². The molecule has 3 saturated carbocycles. The summed E-state index contributed by atoms with van der Waals surface area (Å²) >= 11 is 1.75. The quantitative estimate of drug-likeness (QED) is 0.801. The SMILES string of the molecule is O=C1NC(=N[C@H]2C[C@@H]3CCC2C3)SC12CCCCC2. The second-order valence-corrected chi connectivity index (χ2v) is 8.16. The number of hydrogen-bond donors (Lipinski definition) is 1. The predicted molar refractivity (Wildman–Crippen MR) is 78.2 cm³/mol. The Hall–Kier alpha value is -0.510. The Morgan fingerprint density at radius 3 is 2.68 bits per heavy atom. The fraction of sp³-hybridized carbons (Fsp3) is 0.867. The Morgan fingerprint density at radius 2 is 2.00 bits per heavy atom. The van der Waals surface area contributed by atoms with E-state index in [1.807, 2.05) is 0 Å². The first-order valence-corrected chi connectivity index (χ1v) is 8.65. The van der Waals surface area contributed by atoms with Crippen LogP contribution in [0.5, 0.6) is 0 Å². The minimum Gasteiger partial charge on any atom is -0.304 e. The molecule has 1 spiro atoms. The third kappa shape index (κ3) is 2.03. The van der Waals surface area contributed by atoms with E-state index >= 15 is 0 Å². The highest BCUT2D eigenvalue weighted by molar-refractivity contribution is 8.16. The van der Waals surface area contributed by atoms with E-state index in [4.69, 9.17) is 4.99 Å². The van der Waals surface area contributed by atoms with Gasteiger partial charge in [-0.15, -0.1) is 0 Å². The summed E-state index contributed by atoms with van der Waals surface area (Å²) in [6.45, 7) is 0. The van der Waals surface area contributed by atoms with Gasteiger partial charge in [-0.3, -0.25) is 9.79 Å². The molecular weight excluding hydrogens is 256 g/mol. The predicted octanol–water partition coefficient (Wildman–Crippen LogP) is 3.10. The van der Waals surface area contributed by atoms with E-state index in [1.54, 1.807) is 11.8 Å². The van der Waals surface area contributed by atoms with Crippen molar-refractivity contribution in [1.82, 2.24) is 5.32 Å². The van der Waals surface area contributed by atoms with Crippen LogP contribution in [0.1, 0.15) is 57.8 Å². The first-order chi connectivity index (χ1) is 9.25. The number of amides is 1. The van der Waals surface area contributed by atoms with Gasteiger partial charge in [-0.25, -0.2) is 0 Å². The van der Waals surface area contributed by atoms with Crippen LogP contribution in [0.2, 0.25) is 0 Å². The van der Waals surface area contributed by atoms with Gasteiger partial charge in [0.25, 0.3) is 0 Å². The fourth-order valence-corrected chi connectivity index (χ4v) is 5.84. The summed E-state index contributed by atoms with van der Waals surface area (Å²) in [6.07, 6.45) is 11.2. The van der Waals surface area contributed by atoms with Crippen molar-refractivity contribution in [3.05, 3.63) is 0 Å². The first-order valence-electron chi connectivity index (χ1n) is 7.83. The molecule has 4 fully saturated rings. The van der Waals surface area contributed by atoms with Crippen LogP contribution in [0.4, 0.5) is 0 Å². The Morgan fingerprint density at radius 1 is 1.16 bits per heavy atom. The molecule has 1 unspecified atom stereocenters. The van der Waals surface area contributed by atoms with E-state index in [0.29, 0.717) is 6.04 Å². The molecule has 1 amide bonds. The first kappa shape index (κ1) is 12.2. The number of amidine groups is 1. The normalized spacial score (nSPS) is 42.2. The van der Waals surface area contributed by atoms with Crippen molar-refractivity contribution in [3.8, 4) is 0 Å². The fourth-order valence-electron chi connectivity index (χ4n) is 4.50. The van der Waals surface area contributed by atoms with E-state index in [9.17, 15) is 4.79 Å². The maximum atomic E-state index is 12.3. The Bertz CT molecular complexity index is 428. The molecule has 0 aromatic rings. The van der Waals surface area contributed by atoms with E-state index < -0.39 is 0 Å². The number of nitrogens with one attached hydrogen (secondary N) is 1. The van der Waals surface area contributed by atoms with Crippen molar-refractivity contribution in [3.63, 3.8) is 0 Å². The van der Waals surface area contributed by atoms with Gasteiger partial charge in [-0.05, 0) is 43.9 Å². The number of aliphatic imine (C=N–C) groups is 1. The lowest BCUT2D eigenvalue weighted by atomic mass is 9.88. The molecule has 1 saturated heterocycles. The summed E-state index contributed by atoms with van der Waals surface area (Å²) in [6, 6.07) is 0.500. The summed E-state index contributed by atoms with van der Waals surface area (Å²) in [5.41, 5.74) is 0. The molecule has 1 heterocycles. The van der Waals surface area contributed by atoms with Gasteiger partial charge in [-0.2, -0.15) is 0 Å². The molecule has 2 bridgehead atoms. The number of carbonyl (C=O) groups is 1. The van der Waals surface area contributed by atoms with Gasteiger partial charge in [0.1, 0.15) is 4.75 Å². The molecule has 4 aliphatic rings. The number of hydrogen-bond acceptors (Lipinski definition) is 3. The molecule has 4 rings (SSSR count). The highest BCUT2D eigenvalue weighted by Crippen LogP contribution is 2.48. The molecule has 1 N–H and O–H groups in total. The third-order valence-electron chi connectivity index (χ3n) is 5.57. The van der Waals surface area contributed by atoms with Gasteiger partial charge in [0.05, 0.1) is 6.04 Å². The van der Waals surface area contributed by atoms with E-state index in [1.165, 1.54) is 44.9 Å². The summed E-state index contributed by atoms with van der Waals surface area (Å²) in [5, 5.41) is 4.01. The van der Waals surface area contributed by atoms with Crippen LogP contribution >= 0.6 is 11.8 Å². The third-order valence-corrected chi connectivity index (χ3v) is 6.96. The molecule has 3 atom stereocenters. The minimum atomic E-state index is -0.158. The minimum absolute atomic E-state index is 0.158. The van der Waals surface area contributed by atoms with Crippen LogP contribution in [-0.4, -0.2) is 21.9 Å². The summed E-state index contributed by atoms with van der Waals surface area (Å²) in [4.78, 5) is 17.2. The van der Waals surface area contributed by atoms with Crippen molar-refractivity contribution in [2.45, 2.75) is 68.6 Å². The van der Waals surface area contributed by atoms with Crippen LogP contribution in [0.15, 0.2) is 4.99 Å². The number of nitrogens with zero attached hydrogens (tertiary/aromatic N) is 1.